The number of benzene rings is 1. The second kappa shape index (κ2) is 8.47. The van der Waals surface area contributed by atoms with Gasteiger partial charge >= 0.3 is 12.1 Å². The molecule has 1 atom stereocenters. The van der Waals surface area contributed by atoms with Crippen LogP contribution in [0.3, 0.4) is 0 Å². The van der Waals surface area contributed by atoms with E-state index in [0.717, 1.165) is 5.56 Å². The molecular weight excluding hydrogens is 310 g/mol. The number of carbonyl (C=O) groups is 3. The minimum atomic E-state index is -0.792. The molecule has 1 amide bonds. The lowest BCUT2D eigenvalue weighted by Crippen LogP contribution is -2.32. The zero-order valence-electron chi connectivity index (χ0n) is 14.1. The number of hydrogen-bond donors (Lipinski definition) is 0. The molecule has 0 N–H and O–H groups in total. The standard InChI is InChI=1S/C18H23NO5/c1-13(2)24-17(21)15-8-10-19(11-9-16(15)20)18(22)23-12-14-6-4-3-5-7-14/h3-7,13,15H,8-12H2,1-2H3. The highest BCUT2D eigenvalue weighted by atomic mass is 16.6. The number of ketones is 1. The third-order valence-corrected chi connectivity index (χ3v) is 3.80. The molecule has 0 aliphatic carbocycles. The summed E-state index contributed by atoms with van der Waals surface area (Å²) in [5.74, 6) is -1.48. The lowest BCUT2D eigenvalue weighted by Gasteiger charge is -2.19. The molecule has 6 heteroatoms. The maximum atomic E-state index is 12.2. The van der Waals surface area contributed by atoms with E-state index in [1.54, 1.807) is 13.8 Å². The maximum absolute atomic E-state index is 12.2. The zero-order valence-corrected chi connectivity index (χ0v) is 14.1. The molecule has 130 valence electrons. The molecule has 0 aromatic heterocycles. The molecule has 0 spiro atoms. The van der Waals surface area contributed by atoms with Crippen LogP contribution in [-0.4, -0.2) is 41.9 Å². The fourth-order valence-corrected chi connectivity index (χ4v) is 2.53. The van der Waals surface area contributed by atoms with Gasteiger partial charge in [0.2, 0.25) is 0 Å². The third kappa shape index (κ3) is 5.08. The van der Waals surface area contributed by atoms with Crippen LogP contribution in [0, 0.1) is 5.92 Å². The Hall–Kier alpha value is -2.37. The van der Waals surface area contributed by atoms with Crippen LogP contribution in [0.4, 0.5) is 4.79 Å². The number of amides is 1. The summed E-state index contributed by atoms with van der Waals surface area (Å²) in [5.41, 5.74) is 0.898. The number of carbonyl (C=O) groups excluding carboxylic acids is 3. The van der Waals surface area contributed by atoms with Crippen molar-refractivity contribution in [3.8, 4) is 0 Å². The van der Waals surface area contributed by atoms with Crippen LogP contribution in [0.1, 0.15) is 32.3 Å². The molecule has 1 aliphatic rings. The van der Waals surface area contributed by atoms with Gasteiger partial charge in [0.05, 0.1) is 6.10 Å². The molecule has 2 rings (SSSR count). The molecule has 0 bridgehead atoms. The first-order chi connectivity index (χ1) is 11.5. The summed E-state index contributed by atoms with van der Waals surface area (Å²) in [7, 11) is 0. The van der Waals surface area contributed by atoms with Crippen molar-refractivity contribution >= 4 is 17.8 Å². The molecule has 6 nitrogen and oxygen atoms in total. The minimum Gasteiger partial charge on any atom is -0.462 e. The monoisotopic (exact) mass is 333 g/mol. The van der Waals surface area contributed by atoms with Crippen LogP contribution in [0.5, 0.6) is 0 Å². The molecule has 0 saturated carbocycles. The van der Waals surface area contributed by atoms with Crippen molar-refractivity contribution in [2.24, 2.45) is 5.92 Å². The molecule has 1 saturated heterocycles. The summed E-state index contributed by atoms with van der Waals surface area (Å²) < 4.78 is 10.4. The van der Waals surface area contributed by atoms with Crippen LogP contribution >= 0.6 is 0 Å². The highest BCUT2D eigenvalue weighted by Gasteiger charge is 2.33. The molecule has 1 aromatic rings. The van der Waals surface area contributed by atoms with Crippen LogP contribution in [-0.2, 0) is 25.7 Å². The molecule has 1 aromatic carbocycles. The van der Waals surface area contributed by atoms with Crippen LogP contribution < -0.4 is 0 Å². The van der Waals surface area contributed by atoms with Gasteiger partial charge in [-0.1, -0.05) is 30.3 Å². The molecule has 1 fully saturated rings. The summed E-state index contributed by atoms with van der Waals surface area (Å²) in [6.45, 7) is 4.23. The average Bonchev–Trinajstić information content (AvgIpc) is 2.75. The Balaban J connectivity index is 1.88. The Morgan fingerprint density at radius 1 is 1.21 bits per heavy atom. The van der Waals surface area contributed by atoms with Gasteiger partial charge in [-0.2, -0.15) is 0 Å². The van der Waals surface area contributed by atoms with E-state index in [9.17, 15) is 14.4 Å². The summed E-state index contributed by atoms with van der Waals surface area (Å²) in [6, 6.07) is 9.38. The Morgan fingerprint density at radius 2 is 1.92 bits per heavy atom. The van der Waals surface area contributed by atoms with Gasteiger partial charge in [0.25, 0.3) is 0 Å². The smallest absolute Gasteiger partial charge is 0.410 e. The van der Waals surface area contributed by atoms with E-state index in [1.807, 2.05) is 30.3 Å². The van der Waals surface area contributed by atoms with E-state index < -0.39 is 18.0 Å². The number of Topliss-reactive ketones (excluding diaryl/α,β-unsaturated/α-hetero) is 1. The van der Waals surface area contributed by atoms with Crippen LogP contribution in [0.25, 0.3) is 0 Å². The normalized spacial score (nSPS) is 18.2. The van der Waals surface area contributed by atoms with E-state index >= 15 is 0 Å². The Kier molecular flexibility index (Phi) is 6.35. The van der Waals surface area contributed by atoms with Gasteiger partial charge < -0.3 is 14.4 Å². The van der Waals surface area contributed by atoms with Gasteiger partial charge in [0, 0.05) is 19.5 Å². The molecule has 0 radical (unpaired) electrons. The number of likely N-dealkylation sites (tertiary alicyclic amines) is 1. The Morgan fingerprint density at radius 3 is 2.58 bits per heavy atom. The summed E-state index contributed by atoms with van der Waals surface area (Å²) in [6.07, 6.45) is -0.326. The van der Waals surface area contributed by atoms with E-state index in [-0.39, 0.29) is 37.9 Å². The first-order valence-electron chi connectivity index (χ1n) is 8.16. The highest BCUT2D eigenvalue weighted by Crippen LogP contribution is 2.18. The van der Waals surface area contributed by atoms with E-state index in [0.29, 0.717) is 6.54 Å². The molecule has 24 heavy (non-hydrogen) atoms. The van der Waals surface area contributed by atoms with Crippen molar-refractivity contribution in [3.05, 3.63) is 35.9 Å². The van der Waals surface area contributed by atoms with Crippen molar-refractivity contribution in [1.82, 2.24) is 4.90 Å². The Bertz CT molecular complexity index is 584. The van der Waals surface area contributed by atoms with Gasteiger partial charge in [-0.3, -0.25) is 9.59 Å². The number of ether oxygens (including phenoxy) is 2. The van der Waals surface area contributed by atoms with Gasteiger partial charge in [0.15, 0.2) is 0 Å². The predicted octanol–water partition coefficient (Wildman–Crippen LogP) is 2.56. The van der Waals surface area contributed by atoms with Crippen LogP contribution in [0.2, 0.25) is 0 Å². The highest BCUT2D eigenvalue weighted by molar-refractivity contribution is 5.99. The topological polar surface area (TPSA) is 72.9 Å². The molecule has 1 heterocycles. The van der Waals surface area contributed by atoms with Gasteiger partial charge in [-0.05, 0) is 25.8 Å². The van der Waals surface area contributed by atoms with Crippen molar-refractivity contribution < 1.29 is 23.9 Å². The summed E-state index contributed by atoms with van der Waals surface area (Å²) in [5, 5.41) is 0. The lowest BCUT2D eigenvalue weighted by molar-refractivity contribution is -0.155. The molecule has 1 aliphatic heterocycles. The van der Waals surface area contributed by atoms with Crippen molar-refractivity contribution in [1.29, 1.82) is 0 Å². The predicted molar refractivity (Wildman–Crippen MR) is 87.2 cm³/mol. The van der Waals surface area contributed by atoms with Crippen molar-refractivity contribution in [2.45, 2.75) is 39.4 Å². The number of hydrogen-bond acceptors (Lipinski definition) is 5. The number of esters is 1. The average molecular weight is 333 g/mol. The maximum Gasteiger partial charge on any atom is 0.410 e. The second-order valence-electron chi connectivity index (χ2n) is 6.07. The first kappa shape index (κ1) is 18.0. The SMILES string of the molecule is CC(C)OC(=O)C1CCN(C(=O)OCc2ccccc2)CCC1=O. The molecule has 1 unspecified atom stereocenters. The van der Waals surface area contributed by atoms with Crippen molar-refractivity contribution in [3.63, 3.8) is 0 Å². The zero-order chi connectivity index (χ0) is 17.5. The largest absolute Gasteiger partial charge is 0.462 e. The van der Waals surface area contributed by atoms with Crippen LogP contribution in [0.15, 0.2) is 30.3 Å². The first-order valence-corrected chi connectivity index (χ1v) is 8.16. The minimum absolute atomic E-state index is 0.137. The van der Waals surface area contributed by atoms with E-state index in [1.165, 1.54) is 4.90 Å². The molecular formula is C18H23NO5. The van der Waals surface area contributed by atoms with Gasteiger partial charge in [0.1, 0.15) is 18.3 Å². The summed E-state index contributed by atoms with van der Waals surface area (Å²) >= 11 is 0. The van der Waals surface area contributed by atoms with Gasteiger partial charge in [-0.25, -0.2) is 4.79 Å². The van der Waals surface area contributed by atoms with E-state index in [4.69, 9.17) is 9.47 Å². The quantitative estimate of drug-likeness (QED) is 0.625. The number of rotatable bonds is 4. The second-order valence-corrected chi connectivity index (χ2v) is 6.07. The Labute approximate surface area is 141 Å². The van der Waals surface area contributed by atoms with E-state index in [2.05, 4.69) is 0 Å². The summed E-state index contributed by atoms with van der Waals surface area (Å²) in [4.78, 5) is 37.7. The fourth-order valence-electron chi connectivity index (χ4n) is 2.53. The van der Waals surface area contributed by atoms with Crippen molar-refractivity contribution in [2.75, 3.05) is 13.1 Å². The lowest BCUT2D eigenvalue weighted by atomic mass is 9.99. The van der Waals surface area contributed by atoms with Gasteiger partial charge in [-0.15, -0.1) is 0 Å². The number of nitrogens with zero attached hydrogens (tertiary/aromatic N) is 1. The third-order valence-electron chi connectivity index (χ3n) is 3.80. The fraction of sp³-hybridized carbons (Fsp3) is 0.500.